The molecule has 0 aliphatic rings. The predicted octanol–water partition coefficient (Wildman–Crippen LogP) is 3.98. The number of rotatable bonds is 4. The molecule has 0 aliphatic heterocycles. The molecule has 3 N–H and O–H groups in total. The van der Waals surface area contributed by atoms with Crippen LogP contribution < -0.4 is 15.8 Å². The first kappa shape index (κ1) is 15.5. The third-order valence-electron chi connectivity index (χ3n) is 2.72. The van der Waals surface area contributed by atoms with E-state index in [1.54, 1.807) is 49.4 Å². The van der Waals surface area contributed by atoms with Crippen LogP contribution >= 0.6 is 23.2 Å². The van der Waals surface area contributed by atoms with E-state index in [9.17, 15) is 4.79 Å². The van der Waals surface area contributed by atoms with Gasteiger partial charge in [0.2, 0.25) is 0 Å². The molecule has 2 aromatic carbocycles. The first-order valence-corrected chi connectivity index (χ1v) is 6.99. The Morgan fingerprint density at radius 3 is 2.67 bits per heavy atom. The van der Waals surface area contributed by atoms with Gasteiger partial charge < -0.3 is 15.8 Å². The van der Waals surface area contributed by atoms with Gasteiger partial charge in [0.05, 0.1) is 5.02 Å². The van der Waals surface area contributed by atoms with Gasteiger partial charge in [-0.15, -0.1) is 0 Å². The molecule has 21 heavy (non-hydrogen) atoms. The zero-order valence-corrected chi connectivity index (χ0v) is 12.8. The number of hydrogen-bond acceptors (Lipinski definition) is 3. The molecule has 0 aliphatic carbocycles. The second kappa shape index (κ2) is 6.70. The number of amides is 1. The molecule has 0 saturated heterocycles. The summed E-state index contributed by atoms with van der Waals surface area (Å²) in [6.45, 7) is 1.63. The summed E-state index contributed by atoms with van der Waals surface area (Å²) in [5.41, 5.74) is 6.84. The monoisotopic (exact) mass is 324 g/mol. The molecule has 0 aromatic heterocycles. The lowest BCUT2D eigenvalue weighted by Crippen LogP contribution is -2.30. The molecule has 2 rings (SSSR count). The van der Waals surface area contributed by atoms with E-state index in [4.69, 9.17) is 33.7 Å². The number of carbonyl (C=O) groups excluding carboxylic acids is 1. The summed E-state index contributed by atoms with van der Waals surface area (Å²) < 4.78 is 5.53. The average molecular weight is 325 g/mol. The fourth-order valence-electron chi connectivity index (χ4n) is 1.68. The SMILES string of the molecule is C[C@@H](Oc1ccc(Cl)cc1Cl)C(=O)Nc1cccc(N)c1. The molecule has 0 bridgehead atoms. The standard InChI is InChI=1S/C15H14Cl2N2O2/c1-9(21-14-6-5-10(16)7-13(14)17)15(20)19-12-4-2-3-11(18)8-12/h2-9H,18H2,1H3,(H,19,20)/t9-/m1/s1. The number of halogens is 2. The van der Waals surface area contributed by atoms with Crippen LogP contribution in [-0.4, -0.2) is 12.0 Å². The van der Waals surface area contributed by atoms with Gasteiger partial charge in [0.25, 0.3) is 5.91 Å². The van der Waals surface area contributed by atoms with E-state index < -0.39 is 6.10 Å². The summed E-state index contributed by atoms with van der Waals surface area (Å²) in [5, 5.41) is 3.58. The van der Waals surface area contributed by atoms with Gasteiger partial charge in [0.1, 0.15) is 5.75 Å². The van der Waals surface area contributed by atoms with Gasteiger partial charge in [-0.05, 0) is 43.3 Å². The van der Waals surface area contributed by atoms with E-state index in [0.29, 0.717) is 27.2 Å². The third kappa shape index (κ3) is 4.28. The Morgan fingerprint density at radius 1 is 1.24 bits per heavy atom. The first-order valence-electron chi connectivity index (χ1n) is 6.24. The topological polar surface area (TPSA) is 64.3 Å². The van der Waals surface area contributed by atoms with Crippen molar-refractivity contribution in [2.24, 2.45) is 0 Å². The lowest BCUT2D eigenvalue weighted by Gasteiger charge is -2.16. The lowest BCUT2D eigenvalue weighted by atomic mass is 10.2. The number of hydrogen-bond donors (Lipinski definition) is 2. The quantitative estimate of drug-likeness (QED) is 0.836. The molecule has 0 radical (unpaired) electrons. The maximum absolute atomic E-state index is 12.1. The molecular weight excluding hydrogens is 311 g/mol. The van der Waals surface area contributed by atoms with Crippen molar-refractivity contribution < 1.29 is 9.53 Å². The highest BCUT2D eigenvalue weighted by molar-refractivity contribution is 6.35. The zero-order chi connectivity index (χ0) is 15.4. The average Bonchev–Trinajstić information content (AvgIpc) is 2.41. The molecule has 0 unspecified atom stereocenters. The van der Waals surface area contributed by atoms with Gasteiger partial charge in [0, 0.05) is 16.4 Å². The molecule has 6 heteroatoms. The van der Waals surface area contributed by atoms with Crippen molar-refractivity contribution in [2.75, 3.05) is 11.1 Å². The maximum atomic E-state index is 12.1. The number of benzene rings is 2. The van der Waals surface area contributed by atoms with Crippen molar-refractivity contribution in [3.05, 3.63) is 52.5 Å². The summed E-state index contributed by atoms with van der Waals surface area (Å²) >= 11 is 11.8. The van der Waals surface area contributed by atoms with Gasteiger partial charge in [-0.1, -0.05) is 29.3 Å². The Labute approximate surface area is 132 Å². The number of nitrogens with one attached hydrogen (secondary N) is 1. The molecule has 0 fully saturated rings. The third-order valence-corrected chi connectivity index (χ3v) is 3.25. The minimum Gasteiger partial charge on any atom is -0.479 e. The van der Waals surface area contributed by atoms with Gasteiger partial charge in [-0.3, -0.25) is 4.79 Å². The molecule has 1 amide bonds. The van der Waals surface area contributed by atoms with Crippen molar-refractivity contribution in [1.29, 1.82) is 0 Å². The highest BCUT2D eigenvalue weighted by Gasteiger charge is 2.16. The molecule has 4 nitrogen and oxygen atoms in total. The Bertz CT molecular complexity index is 662. The minimum absolute atomic E-state index is 0.299. The van der Waals surface area contributed by atoms with Crippen LogP contribution in [0.25, 0.3) is 0 Å². The van der Waals surface area contributed by atoms with Gasteiger partial charge in [-0.25, -0.2) is 0 Å². The fourth-order valence-corrected chi connectivity index (χ4v) is 2.13. The van der Waals surface area contributed by atoms with Crippen LogP contribution in [0.5, 0.6) is 5.75 Å². The predicted molar refractivity (Wildman–Crippen MR) is 86.0 cm³/mol. The molecule has 2 aromatic rings. The van der Waals surface area contributed by atoms with Crippen LogP contribution in [0.3, 0.4) is 0 Å². The largest absolute Gasteiger partial charge is 0.479 e. The number of carbonyl (C=O) groups is 1. The summed E-state index contributed by atoms with van der Waals surface area (Å²) in [6, 6.07) is 11.7. The first-order chi connectivity index (χ1) is 9.95. The highest BCUT2D eigenvalue weighted by atomic mass is 35.5. The number of nitrogens with two attached hydrogens (primary N) is 1. The lowest BCUT2D eigenvalue weighted by molar-refractivity contribution is -0.122. The Balaban J connectivity index is 2.02. The van der Waals surface area contributed by atoms with Crippen molar-refractivity contribution in [3.8, 4) is 5.75 Å². The van der Waals surface area contributed by atoms with Crippen LogP contribution in [0, 0.1) is 0 Å². The fraction of sp³-hybridized carbons (Fsp3) is 0.133. The number of nitrogen functional groups attached to an aromatic ring is 1. The van der Waals surface area contributed by atoms with E-state index >= 15 is 0 Å². The number of ether oxygens (including phenoxy) is 1. The minimum atomic E-state index is -0.717. The normalized spacial score (nSPS) is 11.8. The van der Waals surface area contributed by atoms with Gasteiger partial charge in [0.15, 0.2) is 6.10 Å². The molecule has 110 valence electrons. The maximum Gasteiger partial charge on any atom is 0.265 e. The smallest absolute Gasteiger partial charge is 0.265 e. The van der Waals surface area contributed by atoms with Crippen LogP contribution in [0.4, 0.5) is 11.4 Å². The van der Waals surface area contributed by atoms with E-state index in [1.807, 2.05) is 0 Å². The number of anilines is 2. The molecule has 0 heterocycles. The second-order valence-electron chi connectivity index (χ2n) is 4.45. The van der Waals surface area contributed by atoms with Crippen LogP contribution in [0.15, 0.2) is 42.5 Å². The summed E-state index contributed by atoms with van der Waals surface area (Å²) in [5.74, 6) is 0.0999. The van der Waals surface area contributed by atoms with Crippen molar-refractivity contribution in [2.45, 2.75) is 13.0 Å². The molecule has 0 spiro atoms. The molecule has 0 saturated carbocycles. The second-order valence-corrected chi connectivity index (χ2v) is 5.29. The zero-order valence-electron chi connectivity index (χ0n) is 11.3. The highest BCUT2D eigenvalue weighted by Crippen LogP contribution is 2.28. The van der Waals surface area contributed by atoms with E-state index in [1.165, 1.54) is 0 Å². The van der Waals surface area contributed by atoms with Crippen LogP contribution in [0.1, 0.15) is 6.92 Å². The molecular formula is C15H14Cl2N2O2. The van der Waals surface area contributed by atoms with Gasteiger partial charge >= 0.3 is 0 Å². The van der Waals surface area contributed by atoms with Crippen LogP contribution in [-0.2, 0) is 4.79 Å². The summed E-state index contributed by atoms with van der Waals surface area (Å²) in [4.78, 5) is 12.1. The Kier molecular flexibility index (Phi) is 4.94. The van der Waals surface area contributed by atoms with E-state index in [2.05, 4.69) is 5.32 Å². The van der Waals surface area contributed by atoms with Crippen LogP contribution in [0.2, 0.25) is 10.0 Å². The summed E-state index contributed by atoms with van der Waals surface area (Å²) in [7, 11) is 0. The Morgan fingerprint density at radius 2 is 2.00 bits per heavy atom. The molecule has 1 atom stereocenters. The van der Waals surface area contributed by atoms with E-state index in [-0.39, 0.29) is 5.91 Å². The van der Waals surface area contributed by atoms with Gasteiger partial charge in [-0.2, -0.15) is 0 Å². The van der Waals surface area contributed by atoms with E-state index in [0.717, 1.165) is 0 Å². The van der Waals surface area contributed by atoms with Crippen molar-refractivity contribution >= 4 is 40.5 Å². The summed E-state index contributed by atoms with van der Waals surface area (Å²) in [6.07, 6.45) is -0.717. The Hall–Kier alpha value is -1.91. The van der Waals surface area contributed by atoms with Crippen molar-refractivity contribution in [1.82, 2.24) is 0 Å². The van der Waals surface area contributed by atoms with Crippen molar-refractivity contribution in [3.63, 3.8) is 0 Å².